The van der Waals surface area contributed by atoms with E-state index in [4.69, 9.17) is 0 Å². The number of anilines is 3. The fourth-order valence-electron chi connectivity index (χ4n) is 2.66. The van der Waals surface area contributed by atoms with Crippen LogP contribution in [0.4, 0.5) is 26.0 Å². The lowest BCUT2D eigenvalue weighted by Crippen LogP contribution is -2.28. The summed E-state index contributed by atoms with van der Waals surface area (Å²) >= 11 is 0. The molecular weight excluding hydrogens is 382 g/mol. The summed E-state index contributed by atoms with van der Waals surface area (Å²) in [5, 5.41) is 9.39. The van der Waals surface area contributed by atoms with Crippen LogP contribution < -0.4 is 16.3 Å². The molecule has 0 atom stereocenters. The Morgan fingerprint density at radius 3 is 2.62 bits per heavy atom. The molecule has 0 unspecified atom stereocenters. The number of rotatable bonds is 5. The summed E-state index contributed by atoms with van der Waals surface area (Å²) in [7, 11) is 0. The summed E-state index contributed by atoms with van der Waals surface area (Å²) < 4.78 is 28.7. The van der Waals surface area contributed by atoms with Gasteiger partial charge in [-0.2, -0.15) is 4.98 Å². The highest BCUT2D eigenvalue weighted by molar-refractivity contribution is 5.90. The fourth-order valence-corrected chi connectivity index (χ4v) is 2.66. The first-order chi connectivity index (χ1) is 14.0. The summed E-state index contributed by atoms with van der Waals surface area (Å²) in [6, 6.07) is 13.7. The fraction of sp³-hybridized carbons (Fsp3) is 0.0526. The quantitative estimate of drug-likeness (QED) is 0.541. The van der Waals surface area contributed by atoms with Gasteiger partial charge >= 0.3 is 5.69 Å². The molecule has 146 valence electrons. The number of carbonyl (C=O) groups excluding carboxylic acids is 1. The van der Waals surface area contributed by atoms with E-state index in [0.29, 0.717) is 11.9 Å². The summed E-state index contributed by atoms with van der Waals surface area (Å²) in [5.74, 6) is -1.80. The van der Waals surface area contributed by atoms with Crippen molar-refractivity contribution < 1.29 is 13.6 Å². The van der Waals surface area contributed by atoms with Gasteiger partial charge in [-0.3, -0.25) is 4.79 Å². The zero-order valence-electron chi connectivity index (χ0n) is 14.8. The number of carbonyl (C=O) groups is 1. The lowest BCUT2D eigenvalue weighted by molar-refractivity contribution is -0.117. The van der Waals surface area contributed by atoms with Crippen LogP contribution in [0.5, 0.6) is 0 Å². The van der Waals surface area contributed by atoms with E-state index >= 15 is 0 Å². The Balaban J connectivity index is 1.53. The van der Waals surface area contributed by atoms with Crippen LogP contribution in [0.3, 0.4) is 0 Å². The van der Waals surface area contributed by atoms with Crippen molar-refractivity contribution in [3.63, 3.8) is 0 Å². The van der Waals surface area contributed by atoms with Crippen molar-refractivity contribution in [2.45, 2.75) is 6.54 Å². The minimum Gasteiger partial charge on any atom is -0.340 e. The Morgan fingerprint density at radius 1 is 1.07 bits per heavy atom. The Labute approximate surface area is 162 Å². The van der Waals surface area contributed by atoms with E-state index in [1.165, 1.54) is 10.6 Å². The second-order valence-corrected chi connectivity index (χ2v) is 6.09. The molecule has 0 saturated heterocycles. The molecule has 0 aliphatic rings. The minimum atomic E-state index is -0.918. The molecule has 2 heterocycles. The topological polar surface area (TPSA) is 93.3 Å². The van der Waals surface area contributed by atoms with Crippen molar-refractivity contribution in [2.24, 2.45) is 0 Å². The highest BCUT2D eigenvalue weighted by Gasteiger charge is 2.14. The number of nitrogens with one attached hydrogen (secondary N) is 2. The summed E-state index contributed by atoms with van der Waals surface area (Å²) in [5.41, 5.74) is 0.0426. The Kier molecular flexibility index (Phi) is 4.73. The Morgan fingerprint density at radius 2 is 1.86 bits per heavy atom. The lowest BCUT2D eigenvalue weighted by atomic mass is 10.3. The van der Waals surface area contributed by atoms with E-state index in [9.17, 15) is 18.4 Å². The van der Waals surface area contributed by atoms with E-state index in [1.807, 2.05) is 30.3 Å². The molecule has 8 nitrogen and oxygen atoms in total. The molecule has 10 heteroatoms. The number of benzene rings is 2. The number of hydrogen-bond donors (Lipinski definition) is 2. The van der Waals surface area contributed by atoms with Crippen molar-refractivity contribution >= 4 is 28.9 Å². The molecule has 29 heavy (non-hydrogen) atoms. The molecule has 4 rings (SSSR count). The van der Waals surface area contributed by atoms with Crippen LogP contribution in [0, 0.1) is 11.6 Å². The molecule has 0 aliphatic carbocycles. The van der Waals surface area contributed by atoms with E-state index < -0.39 is 29.8 Å². The van der Waals surface area contributed by atoms with Gasteiger partial charge in [-0.1, -0.05) is 18.2 Å². The maximum absolute atomic E-state index is 13.7. The second kappa shape index (κ2) is 7.50. The first-order valence-electron chi connectivity index (χ1n) is 8.53. The molecule has 1 amide bonds. The van der Waals surface area contributed by atoms with Crippen molar-refractivity contribution in [3.8, 4) is 0 Å². The largest absolute Gasteiger partial charge is 0.352 e. The summed E-state index contributed by atoms with van der Waals surface area (Å²) in [4.78, 5) is 28.8. The number of nitrogens with zero attached hydrogens (tertiary/aromatic N) is 4. The number of hydrogen-bond acceptors (Lipinski definition) is 5. The average molecular weight is 396 g/mol. The van der Waals surface area contributed by atoms with E-state index in [0.717, 1.165) is 22.5 Å². The van der Waals surface area contributed by atoms with Crippen LogP contribution in [0.15, 0.2) is 65.6 Å². The first-order valence-corrected chi connectivity index (χ1v) is 8.53. The van der Waals surface area contributed by atoms with Gasteiger partial charge in [0, 0.05) is 18.0 Å². The standard InChI is InChI=1S/C19H14F2N6O2/c20-12-6-7-15(14(21)10-12)23-17(28)11-27-19(29)26-9-8-16(24-18(26)25-27)22-13-4-2-1-3-5-13/h1-10H,11H2,(H,23,28)(H,22,24,25). The SMILES string of the molecule is O=C(Cn1nc2nc(Nc3ccccc3)ccn2c1=O)Nc1ccc(F)cc1F. The number of halogens is 2. The van der Waals surface area contributed by atoms with Gasteiger partial charge < -0.3 is 10.6 Å². The molecule has 2 aromatic heterocycles. The van der Waals surface area contributed by atoms with Gasteiger partial charge in [0.1, 0.15) is 24.0 Å². The van der Waals surface area contributed by atoms with Gasteiger partial charge in [-0.25, -0.2) is 22.7 Å². The van der Waals surface area contributed by atoms with Crippen molar-refractivity contribution in [2.75, 3.05) is 10.6 Å². The maximum atomic E-state index is 13.7. The molecule has 0 fully saturated rings. The monoisotopic (exact) mass is 396 g/mol. The molecule has 2 N–H and O–H groups in total. The van der Waals surface area contributed by atoms with Gasteiger partial charge in [0.2, 0.25) is 5.91 Å². The number of amides is 1. The highest BCUT2D eigenvalue weighted by Crippen LogP contribution is 2.15. The zero-order chi connectivity index (χ0) is 20.4. The van der Waals surface area contributed by atoms with Crippen molar-refractivity contribution in [1.82, 2.24) is 19.2 Å². The minimum absolute atomic E-state index is 0.0942. The Hall–Kier alpha value is -4.08. The molecule has 0 spiro atoms. The predicted octanol–water partition coefficient (Wildman–Crippen LogP) is 2.55. The molecule has 0 saturated carbocycles. The van der Waals surface area contributed by atoms with Crippen LogP contribution in [-0.2, 0) is 11.3 Å². The van der Waals surface area contributed by atoms with Crippen molar-refractivity contribution in [3.05, 3.63) is 82.9 Å². The van der Waals surface area contributed by atoms with Gasteiger partial charge in [-0.05, 0) is 30.3 Å². The molecule has 0 radical (unpaired) electrons. The van der Waals surface area contributed by atoms with E-state index in [1.54, 1.807) is 6.07 Å². The van der Waals surface area contributed by atoms with Crippen LogP contribution in [-0.4, -0.2) is 25.1 Å². The molecule has 0 bridgehead atoms. The second-order valence-electron chi connectivity index (χ2n) is 6.09. The summed E-state index contributed by atoms with van der Waals surface area (Å²) in [6.07, 6.45) is 1.48. The van der Waals surface area contributed by atoms with Crippen LogP contribution in [0.25, 0.3) is 5.78 Å². The molecule has 0 aliphatic heterocycles. The van der Waals surface area contributed by atoms with E-state index in [2.05, 4.69) is 20.7 Å². The van der Waals surface area contributed by atoms with Gasteiger partial charge in [0.25, 0.3) is 5.78 Å². The third kappa shape index (κ3) is 3.95. The maximum Gasteiger partial charge on any atom is 0.352 e. The summed E-state index contributed by atoms with van der Waals surface area (Å²) in [6.45, 7) is -0.458. The first kappa shape index (κ1) is 18.3. The van der Waals surface area contributed by atoms with Crippen LogP contribution >= 0.6 is 0 Å². The molecule has 4 aromatic rings. The third-order valence-corrected chi connectivity index (χ3v) is 4.00. The average Bonchev–Trinajstić information content (AvgIpc) is 3.00. The van der Waals surface area contributed by atoms with Crippen molar-refractivity contribution in [1.29, 1.82) is 0 Å². The number of aromatic nitrogens is 4. The number of fused-ring (bicyclic) bond motifs is 1. The highest BCUT2D eigenvalue weighted by atomic mass is 19.1. The van der Waals surface area contributed by atoms with Gasteiger partial charge in [-0.15, -0.1) is 5.10 Å². The van der Waals surface area contributed by atoms with E-state index in [-0.39, 0.29) is 11.5 Å². The third-order valence-electron chi connectivity index (χ3n) is 4.00. The lowest BCUT2D eigenvalue weighted by Gasteiger charge is -2.05. The van der Waals surface area contributed by atoms with Gasteiger partial charge in [0.05, 0.1) is 5.69 Å². The predicted molar refractivity (Wildman–Crippen MR) is 102 cm³/mol. The molecule has 2 aromatic carbocycles. The van der Waals surface area contributed by atoms with Gasteiger partial charge in [0.15, 0.2) is 0 Å². The zero-order valence-corrected chi connectivity index (χ0v) is 14.8. The normalized spacial score (nSPS) is 10.8. The van der Waals surface area contributed by atoms with Crippen LogP contribution in [0.1, 0.15) is 0 Å². The van der Waals surface area contributed by atoms with Crippen LogP contribution in [0.2, 0.25) is 0 Å². The Bertz CT molecular complexity index is 1250. The number of para-hydroxylation sites is 1. The molecular formula is C19H14F2N6O2. The smallest absolute Gasteiger partial charge is 0.340 e.